The van der Waals surface area contributed by atoms with Gasteiger partial charge in [0.15, 0.2) is 5.11 Å². The molecule has 1 aliphatic heterocycles. The maximum Gasteiger partial charge on any atom is 0.223 e. The molecule has 25 heavy (non-hydrogen) atoms. The van der Waals surface area contributed by atoms with Crippen LogP contribution in [0.5, 0.6) is 0 Å². The highest BCUT2D eigenvalue weighted by Gasteiger charge is 2.25. The number of hydrogen-bond acceptors (Lipinski definition) is 2. The topological polar surface area (TPSA) is 44.4 Å². The minimum atomic E-state index is 0.0886. The van der Waals surface area contributed by atoms with Crippen LogP contribution in [-0.2, 0) is 4.79 Å². The van der Waals surface area contributed by atoms with Crippen molar-refractivity contribution in [2.45, 2.75) is 39.0 Å². The van der Waals surface area contributed by atoms with Gasteiger partial charge >= 0.3 is 0 Å². The first-order chi connectivity index (χ1) is 12.0. The van der Waals surface area contributed by atoms with Gasteiger partial charge in [0.05, 0.1) is 10.0 Å². The van der Waals surface area contributed by atoms with Crippen molar-refractivity contribution in [1.29, 1.82) is 0 Å². The fourth-order valence-electron chi connectivity index (χ4n) is 2.85. The summed E-state index contributed by atoms with van der Waals surface area (Å²) < 4.78 is 0. The Morgan fingerprint density at radius 3 is 2.60 bits per heavy atom. The Bertz CT molecular complexity index is 604. The van der Waals surface area contributed by atoms with Crippen molar-refractivity contribution < 1.29 is 4.79 Å². The Labute approximate surface area is 165 Å². The van der Waals surface area contributed by atoms with E-state index in [4.69, 9.17) is 35.4 Å². The number of hydrogen-bond donors (Lipinski definition) is 2. The second kappa shape index (κ2) is 10.2. The van der Waals surface area contributed by atoms with Crippen molar-refractivity contribution in [2.24, 2.45) is 5.92 Å². The summed E-state index contributed by atoms with van der Waals surface area (Å²) in [4.78, 5) is 14.3. The summed E-state index contributed by atoms with van der Waals surface area (Å²) in [5.41, 5.74) is 0.815. The number of carbonyl (C=O) groups excluding carboxylic acids is 1. The van der Waals surface area contributed by atoms with E-state index in [1.165, 1.54) is 0 Å². The monoisotopic (exact) mass is 401 g/mol. The third-order valence-corrected chi connectivity index (χ3v) is 5.50. The third kappa shape index (κ3) is 6.32. The van der Waals surface area contributed by atoms with Gasteiger partial charge in [0.1, 0.15) is 0 Å². The fraction of sp³-hybridized carbons (Fsp3) is 0.556. The van der Waals surface area contributed by atoms with E-state index in [0.29, 0.717) is 15.2 Å². The average Bonchev–Trinajstić information content (AvgIpc) is 2.62. The van der Waals surface area contributed by atoms with E-state index < -0.39 is 0 Å². The lowest BCUT2D eigenvalue weighted by molar-refractivity contribution is -0.126. The summed E-state index contributed by atoms with van der Waals surface area (Å²) in [5, 5.41) is 7.90. The van der Waals surface area contributed by atoms with E-state index in [-0.39, 0.29) is 11.8 Å². The summed E-state index contributed by atoms with van der Waals surface area (Å²) in [5.74, 6) is 0.268. The van der Waals surface area contributed by atoms with Crippen LogP contribution in [0.1, 0.15) is 39.0 Å². The second-order valence-electron chi connectivity index (χ2n) is 6.32. The molecule has 0 spiro atoms. The highest BCUT2D eigenvalue weighted by atomic mass is 35.5. The molecule has 1 heterocycles. The summed E-state index contributed by atoms with van der Waals surface area (Å²) in [6.45, 7) is 4.50. The number of nitrogens with zero attached hydrogens (tertiary/aromatic N) is 1. The molecule has 1 aliphatic rings. The molecule has 2 rings (SSSR count). The van der Waals surface area contributed by atoms with E-state index in [0.717, 1.165) is 57.4 Å². The molecule has 1 amide bonds. The molecule has 1 saturated heterocycles. The normalized spacial score (nSPS) is 15.1. The van der Waals surface area contributed by atoms with Crippen LogP contribution in [0.15, 0.2) is 18.2 Å². The summed E-state index contributed by atoms with van der Waals surface area (Å²) in [6, 6.07) is 5.34. The average molecular weight is 402 g/mol. The van der Waals surface area contributed by atoms with Gasteiger partial charge in [-0.3, -0.25) is 4.79 Å². The predicted molar refractivity (Wildman–Crippen MR) is 110 cm³/mol. The molecule has 4 nitrogen and oxygen atoms in total. The van der Waals surface area contributed by atoms with Crippen LogP contribution in [0.2, 0.25) is 10.0 Å². The molecule has 2 N–H and O–H groups in total. The largest absolute Gasteiger partial charge is 0.356 e. The van der Waals surface area contributed by atoms with E-state index in [1.807, 2.05) is 6.07 Å². The Morgan fingerprint density at radius 1 is 1.24 bits per heavy atom. The highest BCUT2D eigenvalue weighted by molar-refractivity contribution is 7.80. The summed E-state index contributed by atoms with van der Waals surface area (Å²) in [6.07, 6.45) is 5.02. The second-order valence-corrected chi connectivity index (χ2v) is 7.52. The molecule has 138 valence electrons. The van der Waals surface area contributed by atoms with Crippen LogP contribution in [0.25, 0.3) is 0 Å². The number of likely N-dealkylation sites (tertiary alicyclic amines) is 1. The molecular formula is C18H25Cl2N3OS. The Hall–Kier alpha value is -1.04. The number of nitrogens with one attached hydrogen (secondary N) is 2. The number of amides is 1. The van der Waals surface area contributed by atoms with E-state index in [2.05, 4.69) is 22.5 Å². The van der Waals surface area contributed by atoms with Crippen molar-refractivity contribution in [1.82, 2.24) is 10.2 Å². The standard InChI is InChI=1S/C18H25Cl2N3OS/c1-2-3-4-9-21-17(24)13-7-10-23(11-8-13)18(25)22-14-5-6-15(19)16(20)12-14/h5-6,12-13H,2-4,7-11H2,1H3,(H,21,24)(H,22,25). The number of anilines is 1. The number of thiocarbonyl (C=S) groups is 1. The minimum Gasteiger partial charge on any atom is -0.356 e. The Kier molecular flexibility index (Phi) is 8.27. The quantitative estimate of drug-likeness (QED) is 0.534. The van der Waals surface area contributed by atoms with Crippen molar-refractivity contribution in [3.63, 3.8) is 0 Å². The van der Waals surface area contributed by atoms with Gasteiger partial charge in [0.25, 0.3) is 0 Å². The molecule has 0 radical (unpaired) electrons. The van der Waals surface area contributed by atoms with Gasteiger partial charge in [-0.15, -0.1) is 0 Å². The van der Waals surface area contributed by atoms with Gasteiger partial charge < -0.3 is 15.5 Å². The number of rotatable bonds is 6. The Balaban J connectivity index is 1.76. The first-order valence-electron chi connectivity index (χ1n) is 8.80. The van der Waals surface area contributed by atoms with Crippen LogP contribution in [0.4, 0.5) is 5.69 Å². The third-order valence-electron chi connectivity index (χ3n) is 4.40. The number of piperidine rings is 1. The van der Waals surface area contributed by atoms with E-state index in [9.17, 15) is 4.79 Å². The van der Waals surface area contributed by atoms with Crippen LogP contribution in [0, 0.1) is 5.92 Å². The maximum atomic E-state index is 12.2. The van der Waals surface area contributed by atoms with E-state index >= 15 is 0 Å². The van der Waals surface area contributed by atoms with Crippen molar-refractivity contribution in [2.75, 3.05) is 25.0 Å². The van der Waals surface area contributed by atoms with E-state index in [1.54, 1.807) is 12.1 Å². The highest BCUT2D eigenvalue weighted by Crippen LogP contribution is 2.25. The van der Waals surface area contributed by atoms with Gasteiger partial charge in [0, 0.05) is 31.2 Å². The molecule has 1 aromatic carbocycles. The molecule has 0 unspecified atom stereocenters. The van der Waals surface area contributed by atoms with Gasteiger partial charge in [-0.2, -0.15) is 0 Å². The zero-order valence-corrected chi connectivity index (χ0v) is 16.8. The maximum absolute atomic E-state index is 12.2. The molecule has 7 heteroatoms. The van der Waals surface area contributed by atoms with Crippen LogP contribution in [0.3, 0.4) is 0 Å². The van der Waals surface area contributed by atoms with Gasteiger partial charge in [-0.1, -0.05) is 43.0 Å². The number of unbranched alkanes of at least 4 members (excludes halogenated alkanes) is 2. The summed E-state index contributed by atoms with van der Waals surface area (Å²) >= 11 is 17.4. The molecule has 0 bridgehead atoms. The van der Waals surface area contributed by atoms with Gasteiger partial charge in [-0.25, -0.2) is 0 Å². The predicted octanol–water partition coefficient (Wildman–Crippen LogP) is 4.71. The molecule has 1 aromatic rings. The van der Waals surface area contributed by atoms with Crippen molar-refractivity contribution >= 4 is 52.1 Å². The SMILES string of the molecule is CCCCCNC(=O)C1CCN(C(=S)Nc2ccc(Cl)c(Cl)c2)CC1. The molecule has 0 aromatic heterocycles. The zero-order chi connectivity index (χ0) is 18.2. The van der Waals surface area contributed by atoms with Crippen LogP contribution in [-0.4, -0.2) is 35.6 Å². The number of benzene rings is 1. The number of halogens is 2. The lowest BCUT2D eigenvalue weighted by Crippen LogP contribution is -2.44. The van der Waals surface area contributed by atoms with Crippen molar-refractivity contribution in [3.8, 4) is 0 Å². The zero-order valence-electron chi connectivity index (χ0n) is 14.5. The molecule has 1 fully saturated rings. The lowest BCUT2D eigenvalue weighted by Gasteiger charge is -2.33. The smallest absolute Gasteiger partial charge is 0.223 e. The first kappa shape index (κ1) is 20.3. The molecule has 0 saturated carbocycles. The number of carbonyl (C=O) groups is 1. The first-order valence-corrected chi connectivity index (χ1v) is 9.96. The van der Waals surface area contributed by atoms with Crippen LogP contribution < -0.4 is 10.6 Å². The minimum absolute atomic E-state index is 0.0886. The summed E-state index contributed by atoms with van der Waals surface area (Å²) in [7, 11) is 0. The van der Waals surface area contributed by atoms with Gasteiger partial charge in [0.2, 0.25) is 5.91 Å². The molecule has 0 atom stereocenters. The molecule has 0 aliphatic carbocycles. The fourth-order valence-corrected chi connectivity index (χ4v) is 3.45. The lowest BCUT2D eigenvalue weighted by atomic mass is 9.96. The Morgan fingerprint density at radius 2 is 1.96 bits per heavy atom. The molecular weight excluding hydrogens is 377 g/mol. The van der Waals surface area contributed by atoms with Crippen LogP contribution >= 0.6 is 35.4 Å². The van der Waals surface area contributed by atoms with Gasteiger partial charge in [-0.05, 0) is 49.7 Å². The van der Waals surface area contributed by atoms with Crippen molar-refractivity contribution in [3.05, 3.63) is 28.2 Å².